The number of nitrogens with two attached hydrogens (primary N) is 1. The van der Waals surface area contributed by atoms with E-state index in [4.69, 9.17) is 15.1 Å². The molecule has 0 saturated heterocycles. The summed E-state index contributed by atoms with van der Waals surface area (Å²) in [5.41, 5.74) is 7.90. The monoisotopic (exact) mass is 284 g/mol. The molecule has 0 aliphatic heterocycles. The number of benzene rings is 1. The van der Waals surface area contributed by atoms with E-state index in [0.29, 0.717) is 6.54 Å². The van der Waals surface area contributed by atoms with Gasteiger partial charge in [-0.25, -0.2) is 4.98 Å². The van der Waals surface area contributed by atoms with Gasteiger partial charge in [-0.15, -0.1) is 11.3 Å². The zero-order valence-corrected chi connectivity index (χ0v) is 11.9. The van der Waals surface area contributed by atoms with E-state index in [1.807, 2.05) is 18.2 Å². The van der Waals surface area contributed by atoms with Gasteiger partial charge in [-0.3, -0.25) is 0 Å². The molecule has 4 heteroatoms. The van der Waals surface area contributed by atoms with E-state index in [1.54, 1.807) is 17.6 Å². The second-order valence-electron chi connectivity index (χ2n) is 4.56. The molecular weight excluding hydrogens is 268 g/mol. The molecular formula is C16H16N2OS. The molecule has 0 radical (unpaired) electrons. The zero-order valence-electron chi connectivity index (χ0n) is 11.1. The van der Waals surface area contributed by atoms with Gasteiger partial charge in [0.25, 0.3) is 0 Å². The minimum atomic E-state index is 0.626. The highest BCUT2D eigenvalue weighted by Gasteiger charge is 2.14. The molecule has 0 amide bonds. The van der Waals surface area contributed by atoms with Crippen LogP contribution in [0, 0.1) is 0 Å². The minimum Gasteiger partial charge on any atom is -0.463 e. The van der Waals surface area contributed by atoms with E-state index < -0.39 is 0 Å². The van der Waals surface area contributed by atoms with Crippen LogP contribution in [0.1, 0.15) is 15.4 Å². The molecule has 0 aliphatic rings. The lowest BCUT2D eigenvalue weighted by Crippen LogP contribution is -2.01. The zero-order chi connectivity index (χ0) is 13.8. The molecule has 1 aromatic carbocycles. The Morgan fingerprint density at radius 2 is 1.95 bits per heavy atom. The Balaban J connectivity index is 1.91. The number of nitrogens with zero attached hydrogens (tertiary/aromatic N) is 1. The number of rotatable bonds is 5. The van der Waals surface area contributed by atoms with Crippen molar-refractivity contribution in [2.24, 2.45) is 5.73 Å². The van der Waals surface area contributed by atoms with Crippen molar-refractivity contribution < 1.29 is 4.42 Å². The number of hydrogen-bond acceptors (Lipinski definition) is 4. The lowest BCUT2D eigenvalue weighted by molar-refractivity contribution is 0.579. The summed E-state index contributed by atoms with van der Waals surface area (Å²) in [6.45, 7) is 0.626. The van der Waals surface area contributed by atoms with Crippen LogP contribution in [-0.4, -0.2) is 11.5 Å². The maximum absolute atomic E-state index is 5.69. The molecule has 0 saturated carbocycles. The van der Waals surface area contributed by atoms with Crippen molar-refractivity contribution in [1.82, 2.24) is 4.98 Å². The maximum Gasteiger partial charge on any atom is 0.153 e. The quantitative estimate of drug-likeness (QED) is 0.780. The van der Waals surface area contributed by atoms with Crippen LogP contribution in [0.4, 0.5) is 0 Å². The molecule has 2 aromatic heterocycles. The van der Waals surface area contributed by atoms with E-state index in [-0.39, 0.29) is 0 Å². The third-order valence-electron chi connectivity index (χ3n) is 3.07. The largest absolute Gasteiger partial charge is 0.463 e. The van der Waals surface area contributed by atoms with Crippen LogP contribution < -0.4 is 5.73 Å². The third kappa shape index (κ3) is 2.81. The smallest absolute Gasteiger partial charge is 0.153 e. The van der Waals surface area contributed by atoms with Crippen molar-refractivity contribution in [2.45, 2.75) is 12.8 Å². The Morgan fingerprint density at radius 1 is 1.10 bits per heavy atom. The van der Waals surface area contributed by atoms with E-state index in [0.717, 1.165) is 29.3 Å². The molecule has 20 heavy (non-hydrogen) atoms. The molecule has 2 heterocycles. The Labute approximate surface area is 122 Å². The Kier molecular flexibility index (Phi) is 3.95. The molecule has 0 unspecified atom stereocenters. The molecule has 3 aromatic rings. The summed E-state index contributed by atoms with van der Waals surface area (Å²) in [4.78, 5) is 5.94. The fourth-order valence-electron chi connectivity index (χ4n) is 2.15. The van der Waals surface area contributed by atoms with E-state index >= 15 is 0 Å². The van der Waals surface area contributed by atoms with Gasteiger partial charge in [-0.1, -0.05) is 30.3 Å². The van der Waals surface area contributed by atoms with Crippen LogP contribution in [0.3, 0.4) is 0 Å². The normalized spacial score (nSPS) is 10.8. The van der Waals surface area contributed by atoms with E-state index in [1.165, 1.54) is 10.4 Å². The molecule has 102 valence electrons. The molecule has 3 nitrogen and oxygen atoms in total. The van der Waals surface area contributed by atoms with Gasteiger partial charge in [-0.2, -0.15) is 0 Å². The highest BCUT2D eigenvalue weighted by atomic mass is 32.1. The number of thiazole rings is 1. The van der Waals surface area contributed by atoms with Crippen LogP contribution in [0.2, 0.25) is 0 Å². The van der Waals surface area contributed by atoms with Gasteiger partial charge in [0.1, 0.15) is 5.69 Å². The van der Waals surface area contributed by atoms with Crippen molar-refractivity contribution in [1.29, 1.82) is 0 Å². The average molecular weight is 284 g/mol. The first-order valence-corrected chi connectivity index (χ1v) is 7.45. The number of furan rings is 1. The second-order valence-corrected chi connectivity index (χ2v) is 5.73. The van der Waals surface area contributed by atoms with Gasteiger partial charge in [0.2, 0.25) is 0 Å². The fraction of sp³-hybridized carbons (Fsp3) is 0.188. The Bertz CT molecular complexity index is 659. The van der Waals surface area contributed by atoms with Crippen LogP contribution in [0.15, 0.2) is 53.1 Å². The second kappa shape index (κ2) is 6.03. The van der Waals surface area contributed by atoms with Crippen LogP contribution in [0.5, 0.6) is 0 Å². The number of hydrogen-bond donors (Lipinski definition) is 1. The van der Waals surface area contributed by atoms with E-state index in [2.05, 4.69) is 24.3 Å². The van der Waals surface area contributed by atoms with Gasteiger partial charge < -0.3 is 10.2 Å². The molecule has 2 N–H and O–H groups in total. The van der Waals surface area contributed by atoms with Crippen molar-refractivity contribution >= 4 is 11.3 Å². The topological polar surface area (TPSA) is 52.0 Å². The van der Waals surface area contributed by atoms with Crippen LogP contribution >= 0.6 is 11.3 Å². The number of aromatic nitrogens is 1. The molecule has 3 rings (SSSR count). The van der Waals surface area contributed by atoms with Gasteiger partial charge in [-0.05, 0) is 30.7 Å². The van der Waals surface area contributed by atoms with Crippen LogP contribution in [-0.2, 0) is 12.8 Å². The van der Waals surface area contributed by atoms with Gasteiger partial charge in [0.05, 0.1) is 11.3 Å². The molecule has 0 spiro atoms. The highest BCUT2D eigenvalue weighted by molar-refractivity contribution is 7.12. The standard InChI is InChI=1S/C16H16N2OS/c17-9-8-14-16(13-7-4-10-19-13)18-15(20-14)11-12-5-2-1-3-6-12/h1-7,10H,8-9,11,17H2. The van der Waals surface area contributed by atoms with Crippen molar-refractivity contribution in [3.8, 4) is 11.5 Å². The van der Waals surface area contributed by atoms with Crippen LogP contribution in [0.25, 0.3) is 11.5 Å². The van der Waals surface area contributed by atoms with Crippen molar-refractivity contribution in [2.75, 3.05) is 6.54 Å². The third-order valence-corrected chi connectivity index (χ3v) is 4.18. The maximum atomic E-state index is 5.69. The lowest BCUT2D eigenvalue weighted by Gasteiger charge is -1.96. The summed E-state index contributed by atoms with van der Waals surface area (Å²) >= 11 is 1.73. The summed E-state index contributed by atoms with van der Waals surface area (Å²) in [7, 11) is 0. The fourth-order valence-corrected chi connectivity index (χ4v) is 3.28. The molecule has 0 aliphatic carbocycles. The Hall–Kier alpha value is -1.91. The Morgan fingerprint density at radius 3 is 2.65 bits per heavy atom. The summed E-state index contributed by atoms with van der Waals surface area (Å²) in [6, 6.07) is 14.2. The van der Waals surface area contributed by atoms with Gasteiger partial charge in [0.15, 0.2) is 5.76 Å². The van der Waals surface area contributed by atoms with Crippen molar-refractivity contribution in [3.05, 3.63) is 64.2 Å². The van der Waals surface area contributed by atoms with E-state index in [9.17, 15) is 0 Å². The average Bonchev–Trinajstić information content (AvgIpc) is 3.10. The SMILES string of the molecule is NCCc1sc(Cc2ccccc2)nc1-c1ccco1. The highest BCUT2D eigenvalue weighted by Crippen LogP contribution is 2.30. The minimum absolute atomic E-state index is 0.626. The molecule has 0 atom stereocenters. The van der Waals surface area contributed by atoms with Gasteiger partial charge in [0, 0.05) is 11.3 Å². The first-order chi connectivity index (χ1) is 9.86. The van der Waals surface area contributed by atoms with Crippen molar-refractivity contribution in [3.63, 3.8) is 0 Å². The summed E-state index contributed by atoms with van der Waals surface area (Å²) < 4.78 is 5.47. The first-order valence-electron chi connectivity index (χ1n) is 6.63. The summed E-state index contributed by atoms with van der Waals surface area (Å²) in [5, 5.41) is 1.10. The lowest BCUT2D eigenvalue weighted by atomic mass is 10.2. The first kappa shape index (κ1) is 13.1. The molecule has 0 bridgehead atoms. The predicted molar refractivity (Wildman–Crippen MR) is 81.8 cm³/mol. The molecule has 0 fully saturated rings. The van der Waals surface area contributed by atoms with Gasteiger partial charge >= 0.3 is 0 Å². The summed E-state index contributed by atoms with van der Waals surface area (Å²) in [5.74, 6) is 0.823. The predicted octanol–water partition coefficient (Wildman–Crippen LogP) is 3.50. The summed E-state index contributed by atoms with van der Waals surface area (Å²) in [6.07, 6.45) is 3.37.